The van der Waals surface area contributed by atoms with Gasteiger partial charge in [-0.15, -0.1) is 0 Å². The minimum absolute atomic E-state index is 0.107. The van der Waals surface area contributed by atoms with Crippen LogP contribution in [-0.2, 0) is 65.4 Å². The smallest absolute Gasteiger partial charge is 0.462 e. The molecule has 0 aliphatic heterocycles. The molecule has 19 heteroatoms. The van der Waals surface area contributed by atoms with E-state index < -0.39 is 97.5 Å². The highest BCUT2D eigenvalue weighted by Crippen LogP contribution is 2.45. The molecule has 0 bridgehead atoms. The van der Waals surface area contributed by atoms with Gasteiger partial charge in [0.2, 0.25) is 0 Å². The van der Waals surface area contributed by atoms with Crippen LogP contribution in [-0.4, -0.2) is 96.7 Å². The fourth-order valence-electron chi connectivity index (χ4n) is 14.0. The number of hydrogen-bond acceptors (Lipinski definition) is 15. The summed E-state index contributed by atoms with van der Waals surface area (Å²) in [4.78, 5) is 73.3. The molecule has 7 atom stereocenters. The van der Waals surface area contributed by atoms with Crippen molar-refractivity contribution in [2.45, 2.75) is 491 Å². The van der Waals surface area contributed by atoms with Crippen LogP contribution in [0.1, 0.15) is 473 Å². The molecule has 0 aliphatic rings. The Kier molecular flexibility index (Phi) is 77.2. The van der Waals surface area contributed by atoms with E-state index in [0.717, 1.165) is 120 Å². The second-order valence-electron chi connectivity index (χ2n) is 33.8. The maximum atomic E-state index is 13.2. The summed E-state index contributed by atoms with van der Waals surface area (Å²) in [7, 11) is -9.94. The highest BCUT2D eigenvalue weighted by atomic mass is 31.2. The summed E-state index contributed by atoms with van der Waals surface area (Å²) in [5.41, 5.74) is 0. The van der Waals surface area contributed by atoms with Crippen molar-refractivity contribution in [3.05, 3.63) is 0 Å². The lowest BCUT2D eigenvalue weighted by Crippen LogP contribution is -2.30. The van der Waals surface area contributed by atoms with Crippen LogP contribution in [0.25, 0.3) is 0 Å². The van der Waals surface area contributed by atoms with Crippen molar-refractivity contribution in [3.63, 3.8) is 0 Å². The predicted octanol–water partition coefficient (Wildman–Crippen LogP) is 27.5. The molecule has 0 radical (unpaired) electrons. The van der Waals surface area contributed by atoms with E-state index in [1.807, 2.05) is 0 Å². The van der Waals surface area contributed by atoms with Crippen molar-refractivity contribution in [3.8, 4) is 0 Å². The van der Waals surface area contributed by atoms with E-state index in [1.165, 1.54) is 270 Å². The SMILES string of the molecule is CCC(C)CCCCCCCCCCCCCCCCCCCCC(=O)O[C@H](COC(=O)CCCCCCCCC(C)CC)COP(=O)(O)OC[C@H](O)COP(=O)(O)OC[C@@H](COC(=O)CCCCCCCCCCCCCCCC(C)C)OC(=O)CCCCCCCCCCCCCCCCCCCCC(C)C. The number of carbonyl (C=O) groups is 4. The Morgan fingerprint density at radius 1 is 0.257 bits per heavy atom. The Labute approximate surface area is 670 Å². The summed E-state index contributed by atoms with van der Waals surface area (Å²) in [6.07, 6.45) is 69.5. The van der Waals surface area contributed by atoms with Crippen LogP contribution in [0.5, 0.6) is 0 Å². The Morgan fingerprint density at radius 3 is 0.651 bits per heavy atom. The molecule has 3 N–H and O–H groups in total. The predicted molar refractivity (Wildman–Crippen MR) is 451 cm³/mol. The number of esters is 4. The van der Waals surface area contributed by atoms with Crippen LogP contribution in [0.15, 0.2) is 0 Å². The van der Waals surface area contributed by atoms with Gasteiger partial charge in [-0.2, -0.15) is 0 Å². The van der Waals surface area contributed by atoms with E-state index in [0.29, 0.717) is 25.7 Å². The summed E-state index contributed by atoms with van der Waals surface area (Å²) in [5.74, 6) is 1.11. The lowest BCUT2D eigenvalue weighted by molar-refractivity contribution is -0.161. The van der Waals surface area contributed by atoms with Gasteiger partial charge in [-0.05, 0) is 49.4 Å². The number of phosphoric acid groups is 2. The number of hydrogen-bond donors (Lipinski definition) is 3. The third-order valence-corrected chi connectivity index (χ3v) is 23.7. The second-order valence-corrected chi connectivity index (χ2v) is 36.7. The van der Waals surface area contributed by atoms with E-state index in [2.05, 4.69) is 55.4 Å². The normalized spacial score (nSPS) is 14.4. The molecule has 0 heterocycles. The van der Waals surface area contributed by atoms with Crippen LogP contribution in [0, 0.1) is 23.7 Å². The average Bonchev–Trinajstić information content (AvgIpc) is 0.897. The number of phosphoric ester groups is 2. The van der Waals surface area contributed by atoms with E-state index in [-0.39, 0.29) is 25.7 Å². The Bertz CT molecular complexity index is 2110. The first-order chi connectivity index (χ1) is 52.7. The lowest BCUT2D eigenvalue weighted by atomic mass is 9.99. The highest BCUT2D eigenvalue weighted by Gasteiger charge is 2.31. The number of aliphatic hydroxyl groups is 1. The van der Waals surface area contributed by atoms with Crippen LogP contribution in [0.2, 0.25) is 0 Å². The minimum atomic E-state index is -4.97. The molecular formula is C90H176O17P2. The first-order valence-electron chi connectivity index (χ1n) is 46.3. The molecule has 0 saturated heterocycles. The third-order valence-electron chi connectivity index (χ3n) is 21.8. The topological polar surface area (TPSA) is 237 Å². The van der Waals surface area contributed by atoms with Crippen molar-refractivity contribution in [1.29, 1.82) is 0 Å². The number of ether oxygens (including phenoxy) is 4. The lowest BCUT2D eigenvalue weighted by Gasteiger charge is -2.21. The molecule has 0 aromatic carbocycles. The average molecular weight is 1590 g/mol. The van der Waals surface area contributed by atoms with Crippen LogP contribution >= 0.6 is 15.6 Å². The monoisotopic (exact) mass is 1590 g/mol. The van der Waals surface area contributed by atoms with Crippen molar-refractivity contribution in [2.75, 3.05) is 39.6 Å². The summed E-state index contributed by atoms with van der Waals surface area (Å²) >= 11 is 0. The summed E-state index contributed by atoms with van der Waals surface area (Å²) in [5, 5.41) is 10.7. The molecule has 0 aromatic heterocycles. The van der Waals surface area contributed by atoms with Gasteiger partial charge in [-0.3, -0.25) is 37.3 Å². The largest absolute Gasteiger partial charge is 0.472 e. The molecule has 0 rings (SSSR count). The van der Waals surface area contributed by atoms with Crippen LogP contribution < -0.4 is 0 Å². The molecule has 0 amide bonds. The fraction of sp³-hybridized carbons (Fsp3) is 0.956. The first kappa shape index (κ1) is 107. The molecule has 17 nitrogen and oxygen atoms in total. The molecule has 0 spiro atoms. The zero-order chi connectivity index (χ0) is 80.2. The van der Waals surface area contributed by atoms with Gasteiger partial charge in [0, 0.05) is 25.7 Å². The number of rotatable bonds is 87. The van der Waals surface area contributed by atoms with Gasteiger partial charge >= 0.3 is 39.5 Å². The van der Waals surface area contributed by atoms with Gasteiger partial charge in [0.1, 0.15) is 19.3 Å². The maximum Gasteiger partial charge on any atom is 0.472 e. The quantitative estimate of drug-likeness (QED) is 0.0222. The van der Waals surface area contributed by atoms with Crippen molar-refractivity contribution < 1.29 is 80.2 Å². The Morgan fingerprint density at radius 2 is 0.440 bits per heavy atom. The highest BCUT2D eigenvalue weighted by molar-refractivity contribution is 7.47. The van der Waals surface area contributed by atoms with Gasteiger partial charge in [0.25, 0.3) is 0 Å². The van der Waals surface area contributed by atoms with Gasteiger partial charge in [-0.1, -0.05) is 421 Å². The first-order valence-corrected chi connectivity index (χ1v) is 49.3. The standard InChI is InChI=1S/C90H176O17P2/c1-9-82(7)68-60-52-44-38-32-26-20-16-12-14-18-22-28-35-41-47-57-65-73-90(95)107-86(77-101-88(93)71-63-55-49-48-53-61-69-83(8)10-2)79-105-109(98,99)103-75-84(91)74-102-108(96,97)104-78-85(76-100-87(92)70-62-54-45-39-33-29-23-25-31-37-43-51-59-67-81(5)6)106-89(94)72-64-56-46-40-34-27-21-17-13-11-15-19-24-30-36-42-50-58-66-80(3)4/h80-86,91H,9-79H2,1-8H3,(H,96,97)(H,98,99)/t82?,83?,84-,85-,86-/m1/s1. The van der Waals surface area contributed by atoms with E-state index in [9.17, 15) is 43.2 Å². The van der Waals surface area contributed by atoms with Crippen LogP contribution in [0.4, 0.5) is 0 Å². The van der Waals surface area contributed by atoms with Crippen LogP contribution in [0.3, 0.4) is 0 Å². The van der Waals surface area contributed by atoms with Gasteiger partial charge in [0.15, 0.2) is 12.2 Å². The summed E-state index contributed by atoms with van der Waals surface area (Å²) in [6, 6.07) is 0. The molecule has 0 fully saturated rings. The zero-order valence-corrected chi connectivity index (χ0v) is 74.0. The Hall–Kier alpha value is -1.94. The molecule has 0 saturated carbocycles. The number of carbonyl (C=O) groups excluding carboxylic acids is 4. The van der Waals surface area contributed by atoms with Gasteiger partial charge < -0.3 is 33.8 Å². The number of aliphatic hydroxyl groups excluding tert-OH is 1. The molecule has 4 unspecified atom stereocenters. The van der Waals surface area contributed by atoms with Crippen molar-refractivity contribution >= 4 is 39.5 Å². The minimum Gasteiger partial charge on any atom is -0.462 e. The second kappa shape index (κ2) is 78.6. The number of unbranched alkanes of at least 4 members (excludes halogenated alkanes) is 51. The van der Waals surface area contributed by atoms with E-state index in [4.69, 9.17) is 37.0 Å². The third kappa shape index (κ3) is 81.0. The van der Waals surface area contributed by atoms with Crippen molar-refractivity contribution in [2.24, 2.45) is 23.7 Å². The summed E-state index contributed by atoms with van der Waals surface area (Å²) in [6.45, 7) is 14.4. The van der Waals surface area contributed by atoms with E-state index >= 15 is 0 Å². The fourth-order valence-corrected chi connectivity index (χ4v) is 15.5. The molecule has 648 valence electrons. The Balaban J connectivity index is 5.20. The molecule has 0 aromatic rings. The molecular weight excluding hydrogens is 1410 g/mol. The zero-order valence-electron chi connectivity index (χ0n) is 72.2. The van der Waals surface area contributed by atoms with Gasteiger partial charge in [0.05, 0.1) is 26.4 Å². The summed E-state index contributed by atoms with van der Waals surface area (Å²) < 4.78 is 69.0. The van der Waals surface area contributed by atoms with Crippen molar-refractivity contribution in [1.82, 2.24) is 0 Å². The van der Waals surface area contributed by atoms with Gasteiger partial charge in [-0.25, -0.2) is 9.13 Å². The molecule has 0 aliphatic carbocycles. The molecule has 109 heavy (non-hydrogen) atoms. The maximum absolute atomic E-state index is 13.2. The van der Waals surface area contributed by atoms with E-state index in [1.54, 1.807) is 0 Å².